The highest BCUT2D eigenvalue weighted by atomic mass is 19.2. The summed E-state index contributed by atoms with van der Waals surface area (Å²) in [4.78, 5) is 3.67. The molecule has 0 bridgehead atoms. The fraction of sp³-hybridized carbons (Fsp3) is 0. The number of hydrogen-bond donors (Lipinski definition) is 0. The van der Waals surface area contributed by atoms with E-state index in [-0.39, 0.29) is 0 Å². The Hall–Kier alpha value is -1.71. The van der Waals surface area contributed by atoms with E-state index in [1.54, 1.807) is 0 Å². The van der Waals surface area contributed by atoms with Crippen LogP contribution in [0.2, 0.25) is 0 Å². The molecule has 0 aliphatic carbocycles. The van der Waals surface area contributed by atoms with Gasteiger partial charge in [0.2, 0.25) is 0 Å². The normalized spacial score (nSPS) is 10.3. The minimum absolute atomic E-state index is 0.416. The van der Waals surface area contributed by atoms with Crippen molar-refractivity contribution >= 4 is 0 Å². The monoisotopic (exact) mass is 181 g/mol. The largest absolute Gasteiger partial charge is 0.444 e. The van der Waals surface area contributed by atoms with E-state index in [1.165, 1.54) is 18.7 Å². The van der Waals surface area contributed by atoms with Gasteiger partial charge in [-0.2, -0.15) is 0 Å². The molecule has 0 saturated carbocycles. The van der Waals surface area contributed by atoms with Gasteiger partial charge in [0.15, 0.2) is 23.8 Å². The van der Waals surface area contributed by atoms with Crippen LogP contribution in [-0.4, -0.2) is 4.98 Å². The maximum Gasteiger partial charge on any atom is 0.181 e. The zero-order valence-corrected chi connectivity index (χ0v) is 6.50. The van der Waals surface area contributed by atoms with Gasteiger partial charge >= 0.3 is 0 Å². The smallest absolute Gasteiger partial charge is 0.181 e. The van der Waals surface area contributed by atoms with E-state index in [9.17, 15) is 8.78 Å². The number of halogens is 2. The van der Waals surface area contributed by atoms with Crippen molar-refractivity contribution < 1.29 is 13.2 Å². The molecule has 0 spiro atoms. The molecule has 1 aromatic heterocycles. The lowest BCUT2D eigenvalue weighted by molar-refractivity contribution is 0.508. The molecule has 0 saturated heterocycles. The molecule has 0 amide bonds. The van der Waals surface area contributed by atoms with Gasteiger partial charge in [-0.25, -0.2) is 13.8 Å². The van der Waals surface area contributed by atoms with Crippen LogP contribution in [0.1, 0.15) is 0 Å². The summed E-state index contributed by atoms with van der Waals surface area (Å²) in [5, 5.41) is 0. The Bertz CT molecular complexity index is 412. The lowest BCUT2D eigenvalue weighted by Gasteiger charge is -1.96. The number of rotatable bonds is 1. The highest BCUT2D eigenvalue weighted by Crippen LogP contribution is 2.20. The lowest BCUT2D eigenvalue weighted by Crippen LogP contribution is -1.83. The van der Waals surface area contributed by atoms with E-state index in [0.717, 1.165) is 12.1 Å². The molecule has 4 heteroatoms. The van der Waals surface area contributed by atoms with Crippen LogP contribution >= 0.6 is 0 Å². The third kappa shape index (κ3) is 1.42. The van der Waals surface area contributed by atoms with Gasteiger partial charge in [0.25, 0.3) is 0 Å². The Morgan fingerprint density at radius 1 is 1.15 bits per heavy atom. The van der Waals surface area contributed by atoms with E-state index in [1.807, 2.05) is 0 Å². The molecule has 1 heterocycles. The van der Waals surface area contributed by atoms with Crippen molar-refractivity contribution in [2.45, 2.75) is 0 Å². The summed E-state index contributed by atoms with van der Waals surface area (Å²) in [6.07, 6.45) is 2.67. The Morgan fingerprint density at radius 3 is 2.62 bits per heavy atom. The quantitative estimate of drug-likeness (QED) is 0.675. The van der Waals surface area contributed by atoms with Gasteiger partial charge in [-0.15, -0.1) is 0 Å². The number of nitrogens with zero attached hydrogens (tertiary/aromatic N) is 1. The second kappa shape index (κ2) is 2.97. The molecule has 1 aromatic carbocycles. The minimum Gasteiger partial charge on any atom is -0.444 e. The van der Waals surface area contributed by atoms with Crippen LogP contribution in [0.25, 0.3) is 11.3 Å². The lowest BCUT2D eigenvalue weighted by atomic mass is 10.2. The summed E-state index contributed by atoms with van der Waals surface area (Å²) >= 11 is 0. The minimum atomic E-state index is -0.895. The molecule has 0 N–H and O–H groups in total. The maximum atomic E-state index is 12.7. The van der Waals surface area contributed by atoms with Gasteiger partial charge in [-0.3, -0.25) is 0 Å². The van der Waals surface area contributed by atoms with Crippen molar-refractivity contribution in [1.82, 2.24) is 4.98 Å². The van der Waals surface area contributed by atoms with Crippen molar-refractivity contribution in [1.29, 1.82) is 0 Å². The van der Waals surface area contributed by atoms with Crippen LogP contribution in [0.5, 0.6) is 0 Å². The number of hydrogen-bond acceptors (Lipinski definition) is 2. The van der Waals surface area contributed by atoms with E-state index in [2.05, 4.69) is 4.98 Å². The number of aromatic nitrogens is 1. The van der Waals surface area contributed by atoms with Crippen LogP contribution < -0.4 is 0 Å². The van der Waals surface area contributed by atoms with Gasteiger partial charge < -0.3 is 4.42 Å². The van der Waals surface area contributed by atoms with Crippen molar-refractivity contribution in [2.24, 2.45) is 0 Å². The summed E-state index contributed by atoms with van der Waals surface area (Å²) in [6, 6.07) is 3.54. The first kappa shape index (κ1) is 7.91. The van der Waals surface area contributed by atoms with Crippen molar-refractivity contribution in [3.05, 3.63) is 42.4 Å². The van der Waals surface area contributed by atoms with E-state index < -0.39 is 11.6 Å². The first-order chi connectivity index (χ1) is 6.27. The van der Waals surface area contributed by atoms with Crippen LogP contribution in [0.15, 0.2) is 35.2 Å². The second-order valence-electron chi connectivity index (χ2n) is 2.49. The van der Waals surface area contributed by atoms with Gasteiger partial charge in [-0.05, 0) is 18.2 Å². The molecule has 0 atom stereocenters. The molecule has 2 aromatic rings. The van der Waals surface area contributed by atoms with E-state index in [4.69, 9.17) is 4.42 Å². The predicted octanol–water partition coefficient (Wildman–Crippen LogP) is 2.62. The van der Waals surface area contributed by atoms with Crippen molar-refractivity contribution in [3.8, 4) is 11.3 Å². The molecule has 0 unspecified atom stereocenters. The molecule has 0 aliphatic rings. The zero-order chi connectivity index (χ0) is 9.26. The highest BCUT2D eigenvalue weighted by Gasteiger charge is 2.05. The highest BCUT2D eigenvalue weighted by molar-refractivity contribution is 5.55. The Labute approximate surface area is 72.8 Å². The molecule has 0 radical (unpaired) electrons. The zero-order valence-electron chi connectivity index (χ0n) is 6.50. The summed E-state index contributed by atoms with van der Waals surface area (Å²) in [5.41, 5.74) is 0.469. The van der Waals surface area contributed by atoms with Crippen molar-refractivity contribution in [2.75, 3.05) is 0 Å². The van der Waals surface area contributed by atoms with E-state index in [0.29, 0.717) is 11.3 Å². The molecular weight excluding hydrogens is 176 g/mol. The SMILES string of the molecule is Fc1ccc(-c2cnco2)cc1F. The Kier molecular flexibility index (Phi) is 1.81. The molecular formula is C9H5F2NO. The standard InChI is InChI=1S/C9H5F2NO/c10-7-2-1-6(3-8(7)11)9-4-12-5-13-9/h1-5H. The topological polar surface area (TPSA) is 26.0 Å². The van der Waals surface area contributed by atoms with E-state index >= 15 is 0 Å². The average molecular weight is 181 g/mol. The molecule has 66 valence electrons. The third-order valence-corrected chi connectivity index (χ3v) is 1.64. The van der Waals surface area contributed by atoms with Crippen LogP contribution in [0.3, 0.4) is 0 Å². The number of benzene rings is 1. The third-order valence-electron chi connectivity index (χ3n) is 1.64. The summed E-state index contributed by atoms with van der Waals surface area (Å²) in [6.45, 7) is 0. The molecule has 0 aliphatic heterocycles. The molecule has 2 nitrogen and oxygen atoms in total. The predicted molar refractivity (Wildman–Crippen MR) is 41.9 cm³/mol. The summed E-state index contributed by atoms with van der Waals surface area (Å²) < 4.78 is 30.2. The van der Waals surface area contributed by atoms with Gasteiger partial charge in [0.1, 0.15) is 0 Å². The first-order valence-electron chi connectivity index (χ1n) is 3.61. The first-order valence-corrected chi connectivity index (χ1v) is 3.61. The van der Waals surface area contributed by atoms with Crippen LogP contribution in [-0.2, 0) is 0 Å². The van der Waals surface area contributed by atoms with Crippen LogP contribution in [0, 0.1) is 11.6 Å². The van der Waals surface area contributed by atoms with Gasteiger partial charge in [-0.1, -0.05) is 0 Å². The maximum absolute atomic E-state index is 12.7. The summed E-state index contributed by atoms with van der Waals surface area (Å²) in [7, 11) is 0. The number of oxazole rings is 1. The van der Waals surface area contributed by atoms with Gasteiger partial charge in [0.05, 0.1) is 6.20 Å². The van der Waals surface area contributed by atoms with Crippen LogP contribution in [0.4, 0.5) is 8.78 Å². The second-order valence-corrected chi connectivity index (χ2v) is 2.49. The average Bonchev–Trinajstić information content (AvgIpc) is 2.62. The van der Waals surface area contributed by atoms with Gasteiger partial charge in [0, 0.05) is 5.56 Å². The molecule has 13 heavy (non-hydrogen) atoms. The van der Waals surface area contributed by atoms with Crippen molar-refractivity contribution in [3.63, 3.8) is 0 Å². The molecule has 0 fully saturated rings. The fourth-order valence-electron chi connectivity index (χ4n) is 1.01. The Morgan fingerprint density at radius 2 is 2.00 bits per heavy atom. The fourth-order valence-corrected chi connectivity index (χ4v) is 1.01. The summed E-state index contributed by atoms with van der Waals surface area (Å²) in [5.74, 6) is -1.35. The Balaban J connectivity index is 2.49. The molecule has 2 rings (SSSR count).